The summed E-state index contributed by atoms with van der Waals surface area (Å²) >= 11 is 1.81. The van der Waals surface area contributed by atoms with Gasteiger partial charge in [-0.2, -0.15) is 11.8 Å². The Bertz CT molecular complexity index is 571. The molecule has 0 unspecified atom stereocenters. The van der Waals surface area contributed by atoms with Gasteiger partial charge in [0.2, 0.25) is 5.91 Å². The molecule has 0 aromatic heterocycles. The van der Waals surface area contributed by atoms with Gasteiger partial charge in [0.05, 0.1) is 0 Å². The van der Waals surface area contributed by atoms with Gasteiger partial charge in [-0.25, -0.2) is 0 Å². The smallest absolute Gasteiger partial charge is 0.221 e. The van der Waals surface area contributed by atoms with E-state index in [0.29, 0.717) is 6.42 Å². The van der Waals surface area contributed by atoms with Gasteiger partial charge in [-0.15, -0.1) is 0 Å². The molecule has 0 saturated heterocycles. The van der Waals surface area contributed by atoms with E-state index in [9.17, 15) is 4.79 Å². The van der Waals surface area contributed by atoms with Gasteiger partial charge >= 0.3 is 0 Å². The summed E-state index contributed by atoms with van der Waals surface area (Å²) in [6.07, 6.45) is 2.57. The standard InChI is InChI=1S/C20H25NOS/c1-17(12-13-18-8-4-2-5-9-18)21-20(22)14-15-23-16-19-10-6-3-7-11-19/h2-11,17H,12-16H2,1H3,(H,21,22)/t17-/m1/s1. The van der Waals surface area contributed by atoms with Gasteiger partial charge in [0.25, 0.3) is 0 Å². The fourth-order valence-electron chi connectivity index (χ4n) is 2.38. The molecule has 0 fully saturated rings. The predicted octanol–water partition coefficient (Wildman–Crippen LogP) is 4.45. The van der Waals surface area contributed by atoms with Crippen molar-refractivity contribution in [2.75, 3.05) is 5.75 Å². The Labute approximate surface area is 143 Å². The van der Waals surface area contributed by atoms with Crippen molar-refractivity contribution < 1.29 is 4.79 Å². The molecule has 2 aromatic carbocycles. The second-order valence-corrected chi connectivity index (χ2v) is 6.89. The first-order valence-corrected chi connectivity index (χ1v) is 9.34. The highest BCUT2D eigenvalue weighted by atomic mass is 32.2. The van der Waals surface area contributed by atoms with Gasteiger partial charge in [-0.1, -0.05) is 60.7 Å². The van der Waals surface area contributed by atoms with E-state index in [1.54, 1.807) is 0 Å². The highest BCUT2D eigenvalue weighted by molar-refractivity contribution is 7.98. The zero-order chi connectivity index (χ0) is 16.3. The summed E-state index contributed by atoms with van der Waals surface area (Å²) in [7, 11) is 0. The van der Waals surface area contributed by atoms with Gasteiger partial charge < -0.3 is 5.32 Å². The van der Waals surface area contributed by atoms with Crippen molar-refractivity contribution in [1.82, 2.24) is 5.32 Å². The zero-order valence-corrected chi connectivity index (χ0v) is 14.5. The van der Waals surface area contributed by atoms with Crippen LogP contribution in [0.2, 0.25) is 0 Å². The van der Waals surface area contributed by atoms with Crippen LogP contribution in [0.1, 0.15) is 30.9 Å². The second kappa shape index (κ2) is 10.1. The normalized spacial score (nSPS) is 11.9. The molecule has 0 aliphatic rings. The number of carbonyl (C=O) groups excluding carboxylic acids is 1. The number of aryl methyl sites for hydroxylation is 1. The molecule has 1 amide bonds. The summed E-state index contributed by atoms with van der Waals surface area (Å²) < 4.78 is 0. The minimum atomic E-state index is 0.158. The fraction of sp³-hybridized carbons (Fsp3) is 0.350. The molecule has 0 aliphatic heterocycles. The molecule has 0 saturated carbocycles. The highest BCUT2D eigenvalue weighted by Gasteiger charge is 2.07. The number of hydrogen-bond donors (Lipinski definition) is 1. The third-order valence-electron chi connectivity index (χ3n) is 3.70. The molecule has 2 aromatic rings. The van der Waals surface area contributed by atoms with Crippen molar-refractivity contribution in [2.45, 2.75) is 38.0 Å². The number of nitrogens with one attached hydrogen (secondary N) is 1. The van der Waals surface area contributed by atoms with Crippen LogP contribution in [0.4, 0.5) is 0 Å². The summed E-state index contributed by atoms with van der Waals surface area (Å²) in [5.41, 5.74) is 2.64. The first-order chi connectivity index (χ1) is 11.2. The number of rotatable bonds is 9. The quantitative estimate of drug-likeness (QED) is 0.690. The van der Waals surface area contributed by atoms with E-state index in [2.05, 4.69) is 60.8 Å². The van der Waals surface area contributed by atoms with E-state index in [1.807, 2.05) is 23.9 Å². The zero-order valence-electron chi connectivity index (χ0n) is 13.7. The molecule has 0 spiro atoms. The summed E-state index contributed by atoms with van der Waals surface area (Å²) in [6.45, 7) is 2.08. The SMILES string of the molecule is C[C@H](CCc1ccccc1)NC(=O)CCSCc1ccccc1. The average molecular weight is 327 g/mol. The van der Waals surface area contributed by atoms with Crippen LogP contribution in [0.3, 0.4) is 0 Å². The lowest BCUT2D eigenvalue weighted by molar-refractivity contribution is -0.121. The number of carbonyl (C=O) groups is 1. The van der Waals surface area contributed by atoms with Crippen LogP contribution in [-0.2, 0) is 17.0 Å². The maximum Gasteiger partial charge on any atom is 0.221 e. The van der Waals surface area contributed by atoms with Gasteiger partial charge in [-0.3, -0.25) is 4.79 Å². The molecular weight excluding hydrogens is 302 g/mol. The van der Waals surface area contributed by atoms with E-state index in [0.717, 1.165) is 24.3 Å². The van der Waals surface area contributed by atoms with Gasteiger partial charge in [0, 0.05) is 24.0 Å². The Balaban J connectivity index is 1.57. The van der Waals surface area contributed by atoms with Crippen LogP contribution in [0.15, 0.2) is 60.7 Å². The van der Waals surface area contributed by atoms with Crippen LogP contribution in [0.25, 0.3) is 0 Å². The van der Waals surface area contributed by atoms with E-state index in [1.165, 1.54) is 11.1 Å². The number of hydrogen-bond acceptors (Lipinski definition) is 2. The summed E-state index contributed by atoms with van der Waals surface area (Å²) in [6, 6.07) is 21.0. The van der Waals surface area contributed by atoms with Gasteiger partial charge in [0.15, 0.2) is 0 Å². The molecular formula is C20H25NOS. The minimum absolute atomic E-state index is 0.158. The lowest BCUT2D eigenvalue weighted by atomic mass is 10.1. The fourth-order valence-corrected chi connectivity index (χ4v) is 3.28. The van der Waals surface area contributed by atoms with Crippen LogP contribution in [0.5, 0.6) is 0 Å². The molecule has 0 aliphatic carbocycles. The molecule has 2 rings (SSSR count). The molecule has 23 heavy (non-hydrogen) atoms. The Hall–Kier alpha value is -1.74. The monoisotopic (exact) mass is 327 g/mol. The summed E-state index contributed by atoms with van der Waals surface area (Å²) in [5, 5.41) is 3.10. The van der Waals surface area contributed by atoms with Crippen molar-refractivity contribution in [3.05, 3.63) is 71.8 Å². The third kappa shape index (κ3) is 7.38. The lowest BCUT2D eigenvalue weighted by Gasteiger charge is -2.14. The minimum Gasteiger partial charge on any atom is -0.354 e. The van der Waals surface area contributed by atoms with Crippen LogP contribution in [0, 0.1) is 0 Å². The van der Waals surface area contributed by atoms with Crippen molar-refractivity contribution in [2.24, 2.45) is 0 Å². The van der Waals surface area contributed by atoms with Crippen molar-refractivity contribution >= 4 is 17.7 Å². The molecule has 1 atom stereocenters. The molecule has 0 bridgehead atoms. The average Bonchev–Trinajstić information content (AvgIpc) is 2.59. The molecule has 0 heterocycles. The van der Waals surface area contributed by atoms with E-state index < -0.39 is 0 Å². The van der Waals surface area contributed by atoms with Crippen LogP contribution in [-0.4, -0.2) is 17.7 Å². The van der Waals surface area contributed by atoms with E-state index >= 15 is 0 Å². The Morgan fingerprint density at radius 2 is 1.61 bits per heavy atom. The Kier molecular flexibility index (Phi) is 7.74. The van der Waals surface area contributed by atoms with Crippen LogP contribution >= 0.6 is 11.8 Å². The Morgan fingerprint density at radius 1 is 1.00 bits per heavy atom. The molecule has 0 radical (unpaired) electrons. The third-order valence-corrected chi connectivity index (χ3v) is 4.73. The maximum atomic E-state index is 12.0. The van der Waals surface area contributed by atoms with E-state index in [4.69, 9.17) is 0 Å². The number of benzene rings is 2. The van der Waals surface area contributed by atoms with Gasteiger partial charge in [-0.05, 0) is 30.9 Å². The van der Waals surface area contributed by atoms with E-state index in [-0.39, 0.29) is 11.9 Å². The van der Waals surface area contributed by atoms with Crippen LogP contribution < -0.4 is 5.32 Å². The summed E-state index contributed by atoms with van der Waals surface area (Å²) in [4.78, 5) is 12.0. The topological polar surface area (TPSA) is 29.1 Å². The van der Waals surface area contributed by atoms with Crippen molar-refractivity contribution in [1.29, 1.82) is 0 Å². The largest absolute Gasteiger partial charge is 0.354 e. The molecule has 1 N–H and O–H groups in total. The molecule has 3 heteroatoms. The molecule has 122 valence electrons. The number of thioether (sulfide) groups is 1. The highest BCUT2D eigenvalue weighted by Crippen LogP contribution is 2.12. The number of amides is 1. The Morgan fingerprint density at radius 3 is 2.26 bits per heavy atom. The molecule has 2 nitrogen and oxygen atoms in total. The maximum absolute atomic E-state index is 12.0. The lowest BCUT2D eigenvalue weighted by Crippen LogP contribution is -2.33. The van der Waals surface area contributed by atoms with Crippen molar-refractivity contribution in [3.63, 3.8) is 0 Å². The first-order valence-electron chi connectivity index (χ1n) is 8.19. The predicted molar refractivity (Wildman–Crippen MR) is 99.6 cm³/mol. The van der Waals surface area contributed by atoms with Gasteiger partial charge in [0.1, 0.15) is 0 Å². The second-order valence-electron chi connectivity index (χ2n) is 5.78. The van der Waals surface area contributed by atoms with Crippen molar-refractivity contribution in [3.8, 4) is 0 Å². The summed E-state index contributed by atoms with van der Waals surface area (Å²) in [5.74, 6) is 2.00. The first kappa shape index (κ1) is 17.6.